The molecule has 2 aliphatic heterocycles. The number of carbonyl (C=O) groups excluding carboxylic acids is 1. The van der Waals surface area contributed by atoms with Gasteiger partial charge in [0.15, 0.2) is 0 Å². The summed E-state index contributed by atoms with van der Waals surface area (Å²) in [5.41, 5.74) is 4.66. The lowest BCUT2D eigenvalue weighted by molar-refractivity contribution is 0.0957. The van der Waals surface area contributed by atoms with E-state index in [2.05, 4.69) is 30.1 Å². The van der Waals surface area contributed by atoms with Crippen LogP contribution in [0.25, 0.3) is 11.0 Å². The van der Waals surface area contributed by atoms with Crippen molar-refractivity contribution in [3.05, 3.63) is 57.8 Å². The molecule has 0 radical (unpaired) electrons. The molecule has 32 heavy (non-hydrogen) atoms. The molecule has 0 spiro atoms. The van der Waals surface area contributed by atoms with Crippen molar-refractivity contribution in [2.24, 2.45) is 0 Å². The van der Waals surface area contributed by atoms with E-state index in [-0.39, 0.29) is 17.5 Å². The average molecular weight is 435 g/mol. The minimum Gasteiger partial charge on any atom is -0.489 e. The molecule has 3 aromatic heterocycles. The van der Waals surface area contributed by atoms with Gasteiger partial charge in [0.25, 0.3) is 11.5 Å². The number of pyridine rings is 3. The number of aromatic amines is 1. The highest BCUT2D eigenvalue weighted by atomic mass is 16.5. The van der Waals surface area contributed by atoms with Crippen LogP contribution in [-0.4, -0.2) is 65.1 Å². The summed E-state index contributed by atoms with van der Waals surface area (Å²) < 4.78 is 5.98. The summed E-state index contributed by atoms with van der Waals surface area (Å²) in [5, 5.41) is 2.59. The largest absolute Gasteiger partial charge is 0.489 e. The van der Waals surface area contributed by atoms with E-state index in [1.807, 2.05) is 25.3 Å². The van der Waals surface area contributed by atoms with Crippen molar-refractivity contribution in [2.75, 3.05) is 38.2 Å². The van der Waals surface area contributed by atoms with Crippen molar-refractivity contribution in [1.29, 1.82) is 0 Å². The molecule has 0 aromatic carbocycles. The van der Waals surface area contributed by atoms with Gasteiger partial charge in [0, 0.05) is 51.1 Å². The monoisotopic (exact) mass is 434 g/mol. The fourth-order valence-electron chi connectivity index (χ4n) is 4.50. The first-order valence-corrected chi connectivity index (χ1v) is 10.9. The number of nitrogens with zero attached hydrogens (tertiary/aromatic N) is 4. The molecule has 5 heterocycles. The van der Waals surface area contributed by atoms with Crippen LogP contribution in [0.3, 0.4) is 0 Å². The third-order valence-corrected chi connectivity index (χ3v) is 6.23. The Bertz CT molecular complexity index is 1240. The van der Waals surface area contributed by atoms with Crippen molar-refractivity contribution in [2.45, 2.75) is 25.9 Å². The molecule has 0 bridgehead atoms. The number of rotatable bonds is 4. The van der Waals surface area contributed by atoms with Gasteiger partial charge in [-0.1, -0.05) is 6.92 Å². The lowest BCUT2D eigenvalue weighted by Gasteiger charge is -2.45. The molecule has 2 N–H and O–H groups in total. The third kappa shape index (κ3) is 3.69. The lowest BCUT2D eigenvalue weighted by atomic mass is 10.1. The molecule has 1 saturated heterocycles. The molecule has 1 amide bonds. The Morgan fingerprint density at radius 2 is 2.12 bits per heavy atom. The molecular formula is C23H26N6O3. The molecule has 9 heteroatoms. The van der Waals surface area contributed by atoms with E-state index in [4.69, 9.17) is 4.74 Å². The minimum absolute atomic E-state index is 0.0428. The predicted octanol–water partition coefficient (Wildman–Crippen LogP) is 1.32. The van der Waals surface area contributed by atoms with Gasteiger partial charge >= 0.3 is 0 Å². The molecule has 2 aliphatic rings. The van der Waals surface area contributed by atoms with Crippen LogP contribution in [0, 0.1) is 0 Å². The molecule has 3 aromatic rings. The van der Waals surface area contributed by atoms with E-state index in [0.717, 1.165) is 54.0 Å². The second-order valence-corrected chi connectivity index (χ2v) is 8.26. The Balaban J connectivity index is 1.30. The van der Waals surface area contributed by atoms with Crippen molar-refractivity contribution >= 4 is 22.6 Å². The number of H-pyrrole nitrogens is 1. The molecule has 0 saturated carbocycles. The van der Waals surface area contributed by atoms with Crippen LogP contribution in [0.1, 0.15) is 28.5 Å². The molecular weight excluding hydrogens is 408 g/mol. The van der Waals surface area contributed by atoms with Gasteiger partial charge in [0.2, 0.25) is 0 Å². The van der Waals surface area contributed by atoms with Crippen molar-refractivity contribution in [3.63, 3.8) is 0 Å². The van der Waals surface area contributed by atoms with Gasteiger partial charge in [0.1, 0.15) is 18.1 Å². The maximum absolute atomic E-state index is 12.2. The number of aryl methyl sites for hydroxylation is 1. The fourth-order valence-corrected chi connectivity index (χ4v) is 4.50. The Morgan fingerprint density at radius 3 is 2.94 bits per heavy atom. The van der Waals surface area contributed by atoms with Crippen LogP contribution in [0.15, 0.2) is 35.4 Å². The molecule has 0 aliphatic carbocycles. The van der Waals surface area contributed by atoms with Crippen LogP contribution in [0.5, 0.6) is 5.75 Å². The normalized spacial score (nSPS) is 18.1. The number of aromatic nitrogens is 3. The number of carbonyl (C=O) groups is 1. The summed E-state index contributed by atoms with van der Waals surface area (Å²) in [6, 6.07) is 5.82. The van der Waals surface area contributed by atoms with Gasteiger partial charge in [-0.15, -0.1) is 0 Å². The maximum atomic E-state index is 12.2. The van der Waals surface area contributed by atoms with Crippen LogP contribution in [0.2, 0.25) is 0 Å². The number of nitrogens with one attached hydrogen (secondary N) is 2. The second-order valence-electron chi connectivity index (χ2n) is 8.26. The third-order valence-electron chi connectivity index (χ3n) is 6.23. The predicted molar refractivity (Wildman–Crippen MR) is 121 cm³/mol. The zero-order valence-corrected chi connectivity index (χ0v) is 18.2. The first-order valence-electron chi connectivity index (χ1n) is 10.9. The average Bonchev–Trinajstić information content (AvgIpc) is 2.82. The zero-order valence-electron chi connectivity index (χ0n) is 18.2. The highest BCUT2D eigenvalue weighted by Gasteiger charge is 2.33. The summed E-state index contributed by atoms with van der Waals surface area (Å²) in [7, 11) is 1.59. The van der Waals surface area contributed by atoms with Crippen LogP contribution in [-0.2, 0) is 13.0 Å². The van der Waals surface area contributed by atoms with Crippen molar-refractivity contribution < 1.29 is 9.53 Å². The number of amides is 1. The topological polar surface area (TPSA) is 103 Å². The van der Waals surface area contributed by atoms with E-state index in [0.29, 0.717) is 24.5 Å². The first kappa shape index (κ1) is 20.4. The van der Waals surface area contributed by atoms with Crippen molar-refractivity contribution in [1.82, 2.24) is 25.2 Å². The summed E-state index contributed by atoms with van der Waals surface area (Å²) in [6.45, 7) is 5.86. The quantitative estimate of drug-likeness (QED) is 0.638. The van der Waals surface area contributed by atoms with E-state index >= 15 is 0 Å². The first-order chi connectivity index (χ1) is 15.6. The zero-order chi connectivity index (χ0) is 22.2. The summed E-state index contributed by atoms with van der Waals surface area (Å²) in [6.07, 6.45) is 4.31. The number of piperazine rings is 1. The lowest BCUT2D eigenvalue weighted by Crippen LogP contribution is -2.57. The standard InChI is InChI=1S/C23H26N6O3/c1-3-15-7-17-18(27-22(15)30)6-14(9-25-17)11-28-4-5-29-16(12-28)13-32-21-8-19(23(31)24-2)26-10-20(21)29/h6-10,16H,3-5,11-13H2,1-2H3,(H,24,31)(H,27,30). The van der Waals surface area contributed by atoms with E-state index < -0.39 is 0 Å². The summed E-state index contributed by atoms with van der Waals surface area (Å²) in [5.74, 6) is 0.483. The molecule has 9 nitrogen and oxygen atoms in total. The summed E-state index contributed by atoms with van der Waals surface area (Å²) >= 11 is 0. The van der Waals surface area contributed by atoms with Gasteiger partial charge < -0.3 is 19.9 Å². The highest BCUT2D eigenvalue weighted by Crippen LogP contribution is 2.35. The number of hydrogen-bond acceptors (Lipinski definition) is 7. The van der Waals surface area contributed by atoms with Gasteiger partial charge in [-0.3, -0.25) is 19.5 Å². The molecule has 1 unspecified atom stereocenters. The number of ether oxygens (including phenoxy) is 1. The maximum Gasteiger partial charge on any atom is 0.269 e. The van der Waals surface area contributed by atoms with Crippen molar-refractivity contribution in [3.8, 4) is 5.75 Å². The van der Waals surface area contributed by atoms with Crippen LogP contribution in [0.4, 0.5) is 5.69 Å². The highest BCUT2D eigenvalue weighted by molar-refractivity contribution is 5.93. The Hall–Kier alpha value is -3.46. The Morgan fingerprint density at radius 1 is 1.25 bits per heavy atom. The molecule has 5 rings (SSSR count). The summed E-state index contributed by atoms with van der Waals surface area (Å²) in [4.78, 5) is 40.5. The Labute approximate surface area is 185 Å². The number of hydrogen-bond donors (Lipinski definition) is 2. The number of anilines is 1. The van der Waals surface area contributed by atoms with Gasteiger partial charge in [-0.2, -0.15) is 0 Å². The second kappa shape index (κ2) is 8.23. The van der Waals surface area contributed by atoms with E-state index in [1.165, 1.54) is 0 Å². The SMILES string of the molecule is CCc1cc2ncc(CN3CCN4c5cnc(C(=O)NC)cc5OCC4C3)cc2[nH]c1=O. The van der Waals surface area contributed by atoms with Crippen LogP contribution < -0.4 is 20.5 Å². The van der Waals surface area contributed by atoms with E-state index in [1.54, 1.807) is 19.3 Å². The Kier molecular flexibility index (Phi) is 5.26. The molecule has 1 fully saturated rings. The minimum atomic E-state index is -0.223. The fraction of sp³-hybridized carbons (Fsp3) is 0.391. The van der Waals surface area contributed by atoms with Crippen LogP contribution >= 0.6 is 0 Å². The van der Waals surface area contributed by atoms with Gasteiger partial charge in [-0.05, 0) is 24.1 Å². The molecule has 166 valence electrons. The van der Waals surface area contributed by atoms with Gasteiger partial charge in [0.05, 0.1) is 29.0 Å². The molecule has 1 atom stereocenters. The number of fused-ring (bicyclic) bond motifs is 4. The van der Waals surface area contributed by atoms with E-state index in [9.17, 15) is 9.59 Å². The van der Waals surface area contributed by atoms with Gasteiger partial charge in [-0.25, -0.2) is 4.98 Å². The smallest absolute Gasteiger partial charge is 0.269 e.